The van der Waals surface area contributed by atoms with Gasteiger partial charge in [-0.15, -0.1) is 0 Å². The highest BCUT2D eigenvalue weighted by Gasteiger charge is 2.60. The molecule has 1 aromatic rings. The van der Waals surface area contributed by atoms with Crippen molar-refractivity contribution in [2.24, 2.45) is 28.6 Å². The third-order valence-corrected chi connectivity index (χ3v) is 11.0. The van der Waals surface area contributed by atoms with Crippen LogP contribution in [0.3, 0.4) is 0 Å². The summed E-state index contributed by atoms with van der Waals surface area (Å²) >= 11 is 0. The number of carboxylic acid groups (broad SMARTS) is 1. The highest BCUT2D eigenvalue weighted by molar-refractivity contribution is 7.89. The summed E-state index contributed by atoms with van der Waals surface area (Å²) in [5.74, 6) is -3.65. The molecule has 2 unspecified atom stereocenters. The predicted molar refractivity (Wildman–Crippen MR) is 155 cm³/mol. The molecule has 2 fully saturated rings. The van der Waals surface area contributed by atoms with Gasteiger partial charge in [-0.1, -0.05) is 58.0 Å². The average Bonchev–Trinajstić information content (AvgIpc) is 3.27. The van der Waals surface area contributed by atoms with Crippen LogP contribution < -0.4 is 15.4 Å². The lowest BCUT2D eigenvalue weighted by Crippen LogP contribution is -2.50. The summed E-state index contributed by atoms with van der Waals surface area (Å²) in [5, 5.41) is 14.7. The van der Waals surface area contributed by atoms with Crippen LogP contribution in [-0.2, 0) is 35.6 Å². The number of sulfonamides is 1. The molecule has 1 aromatic carbocycles. The van der Waals surface area contributed by atoms with E-state index in [0.717, 1.165) is 31.2 Å². The lowest BCUT2D eigenvalue weighted by Gasteiger charge is -2.37. The highest BCUT2D eigenvalue weighted by atomic mass is 32.2. The summed E-state index contributed by atoms with van der Waals surface area (Å²) in [5.41, 5.74) is 0.620. The molecule has 2 bridgehead atoms. The third-order valence-electron chi connectivity index (χ3n) is 9.47. The molecule has 11 heteroatoms. The van der Waals surface area contributed by atoms with Gasteiger partial charge in [0.2, 0.25) is 21.8 Å². The van der Waals surface area contributed by atoms with Crippen molar-refractivity contribution in [2.75, 3.05) is 18.8 Å². The van der Waals surface area contributed by atoms with E-state index >= 15 is 0 Å². The summed E-state index contributed by atoms with van der Waals surface area (Å²) in [6, 6.07) is 8.21. The monoisotopic (exact) mass is 591 g/mol. The number of amides is 2. The van der Waals surface area contributed by atoms with Crippen molar-refractivity contribution in [2.45, 2.75) is 78.7 Å². The molecule has 2 amide bonds. The molecule has 41 heavy (non-hydrogen) atoms. The molecule has 2 atom stereocenters. The number of carbonyl (C=O) groups excluding carboxylic acids is 3. The van der Waals surface area contributed by atoms with Crippen molar-refractivity contribution in [1.82, 2.24) is 15.4 Å². The van der Waals surface area contributed by atoms with E-state index in [1.807, 2.05) is 30.3 Å². The van der Waals surface area contributed by atoms with E-state index in [-0.39, 0.29) is 34.8 Å². The Hall–Kier alpha value is -2.79. The molecule has 3 rings (SSSR count). The largest absolute Gasteiger partial charge is 0.481 e. The minimum absolute atomic E-state index is 0.0818. The number of nitrogens with one attached hydrogen (secondary N) is 3. The lowest BCUT2D eigenvalue weighted by atomic mass is 9.71. The summed E-state index contributed by atoms with van der Waals surface area (Å²) in [4.78, 5) is 50.2. The van der Waals surface area contributed by atoms with Gasteiger partial charge in [0.05, 0.1) is 24.8 Å². The number of fused-ring (bicyclic) bond motifs is 2. The van der Waals surface area contributed by atoms with Crippen LogP contribution in [0.1, 0.15) is 71.8 Å². The Morgan fingerprint density at radius 2 is 1.66 bits per heavy atom. The first-order valence-corrected chi connectivity index (χ1v) is 16.1. The van der Waals surface area contributed by atoms with Crippen LogP contribution in [0.25, 0.3) is 0 Å². The Balaban J connectivity index is 1.56. The van der Waals surface area contributed by atoms with Crippen LogP contribution in [0.15, 0.2) is 30.3 Å². The van der Waals surface area contributed by atoms with Gasteiger partial charge in [-0.05, 0) is 60.3 Å². The van der Waals surface area contributed by atoms with Crippen LogP contribution in [0.5, 0.6) is 0 Å². The topological polar surface area (TPSA) is 159 Å². The number of aliphatic carboxylic acids is 1. The van der Waals surface area contributed by atoms with E-state index in [9.17, 15) is 32.7 Å². The smallest absolute Gasteiger partial charge is 0.305 e. The second kappa shape index (κ2) is 13.5. The van der Waals surface area contributed by atoms with Crippen LogP contribution >= 0.6 is 0 Å². The van der Waals surface area contributed by atoms with E-state index in [1.165, 1.54) is 0 Å². The van der Waals surface area contributed by atoms with Crippen molar-refractivity contribution in [3.63, 3.8) is 0 Å². The molecule has 4 N–H and O–H groups in total. The first-order valence-electron chi connectivity index (χ1n) is 14.5. The van der Waals surface area contributed by atoms with E-state index in [4.69, 9.17) is 0 Å². The quantitative estimate of drug-likeness (QED) is 0.230. The molecule has 0 aliphatic heterocycles. The molecule has 0 heterocycles. The maximum absolute atomic E-state index is 13.1. The molecule has 0 saturated heterocycles. The Morgan fingerprint density at radius 3 is 2.20 bits per heavy atom. The zero-order valence-electron chi connectivity index (χ0n) is 24.6. The summed E-state index contributed by atoms with van der Waals surface area (Å²) in [6.45, 7) is 7.54. The highest BCUT2D eigenvalue weighted by Crippen LogP contribution is 2.66. The first-order chi connectivity index (χ1) is 19.2. The van der Waals surface area contributed by atoms with E-state index < -0.39 is 52.6 Å². The first kappa shape index (κ1) is 32.7. The zero-order valence-corrected chi connectivity index (χ0v) is 25.4. The predicted octanol–water partition coefficient (Wildman–Crippen LogP) is 2.67. The zero-order chi connectivity index (χ0) is 30.4. The van der Waals surface area contributed by atoms with Gasteiger partial charge in [0, 0.05) is 18.9 Å². The number of ketones is 1. The fourth-order valence-electron chi connectivity index (χ4n) is 6.61. The number of hydrogen-bond acceptors (Lipinski definition) is 6. The molecule has 10 nitrogen and oxygen atoms in total. The Kier molecular flexibility index (Phi) is 10.7. The average molecular weight is 592 g/mol. The molecular formula is C30H45N3O7S. The summed E-state index contributed by atoms with van der Waals surface area (Å²) in [6.07, 6.45) is 3.46. The van der Waals surface area contributed by atoms with Crippen molar-refractivity contribution in [1.29, 1.82) is 0 Å². The molecule has 2 aliphatic rings. The Morgan fingerprint density at radius 1 is 1.02 bits per heavy atom. The Bertz CT molecular complexity index is 1210. The van der Waals surface area contributed by atoms with Crippen molar-refractivity contribution in [3.8, 4) is 0 Å². The van der Waals surface area contributed by atoms with Gasteiger partial charge in [-0.3, -0.25) is 19.2 Å². The minimum Gasteiger partial charge on any atom is -0.481 e. The lowest BCUT2D eigenvalue weighted by molar-refractivity contribution is -0.141. The van der Waals surface area contributed by atoms with E-state index in [0.29, 0.717) is 18.9 Å². The molecule has 2 aliphatic carbocycles. The fourth-order valence-corrected chi connectivity index (χ4v) is 8.46. The normalized spacial score (nSPS) is 22.7. The summed E-state index contributed by atoms with van der Waals surface area (Å²) in [7, 11) is -3.82. The number of Topliss-reactive ketones (excluding diaryl/α,β-unsaturated/α-hetero) is 1. The number of carboxylic acids is 1. The number of carbonyl (C=O) groups is 4. The van der Waals surface area contributed by atoms with Gasteiger partial charge in [0.15, 0.2) is 5.78 Å². The number of benzene rings is 1. The molecular weight excluding hydrogens is 546 g/mol. The molecule has 0 spiro atoms. The summed E-state index contributed by atoms with van der Waals surface area (Å²) < 4.78 is 28.4. The molecule has 0 aromatic heterocycles. The van der Waals surface area contributed by atoms with Gasteiger partial charge in [0.1, 0.15) is 0 Å². The second-order valence-corrected chi connectivity index (χ2v) is 14.4. The second-order valence-electron chi connectivity index (χ2n) is 12.6. The van der Waals surface area contributed by atoms with Gasteiger partial charge < -0.3 is 15.7 Å². The number of hydrogen-bond donors (Lipinski definition) is 4. The third kappa shape index (κ3) is 8.38. The van der Waals surface area contributed by atoms with Crippen LogP contribution in [0, 0.1) is 28.6 Å². The van der Waals surface area contributed by atoms with E-state index in [2.05, 4.69) is 29.2 Å². The van der Waals surface area contributed by atoms with Crippen molar-refractivity contribution in [3.05, 3.63) is 35.9 Å². The van der Waals surface area contributed by atoms with Gasteiger partial charge in [-0.25, -0.2) is 13.1 Å². The molecule has 228 valence electrons. The molecule has 2 saturated carbocycles. The fraction of sp³-hybridized carbons (Fsp3) is 0.667. The van der Waals surface area contributed by atoms with E-state index in [1.54, 1.807) is 13.8 Å². The standard InChI is InChI=1S/C30H45N3O7S/c1-20(2)23(16-26(35)31-15-12-21-8-6-5-7-9-21)28(38)33-24(17-27(36)37)25(34)18-32-41(39,40)19-30-13-10-22(11-14-30)29(30,3)4/h5-9,20,22-24,32H,10-19H2,1-4H3,(H,31,35)(H,33,38)(H,36,37). The van der Waals surface area contributed by atoms with Crippen LogP contribution in [-0.4, -0.2) is 62.0 Å². The van der Waals surface area contributed by atoms with Crippen molar-refractivity contribution >= 4 is 33.6 Å². The van der Waals surface area contributed by atoms with Crippen LogP contribution in [0.2, 0.25) is 0 Å². The SMILES string of the molecule is CC(C)C(CC(=O)NCCc1ccccc1)C(=O)NC(CC(=O)O)C(=O)CNS(=O)(=O)CC12CCC(CC1)C2(C)C. The number of rotatable bonds is 16. The van der Waals surface area contributed by atoms with Gasteiger partial charge in [0.25, 0.3) is 0 Å². The van der Waals surface area contributed by atoms with Gasteiger partial charge >= 0.3 is 5.97 Å². The minimum atomic E-state index is -3.82. The maximum Gasteiger partial charge on any atom is 0.305 e. The Labute approximate surface area is 243 Å². The van der Waals surface area contributed by atoms with Gasteiger partial charge in [-0.2, -0.15) is 0 Å². The van der Waals surface area contributed by atoms with Crippen LogP contribution in [0.4, 0.5) is 0 Å². The van der Waals surface area contributed by atoms with Crippen molar-refractivity contribution < 1.29 is 32.7 Å². The maximum atomic E-state index is 13.1. The molecule has 0 radical (unpaired) electrons.